The molecule has 0 amide bonds. The molecule has 0 saturated carbocycles. The molecule has 51 heavy (non-hydrogen) atoms. The number of hydrogen-bond donors (Lipinski definition) is 0. The molecule has 7 aromatic carbocycles. The normalized spacial score (nSPS) is 13.2. The summed E-state index contributed by atoms with van der Waals surface area (Å²) < 4.78 is 0. The Morgan fingerprint density at radius 1 is 0.294 bits per heavy atom. The molecule has 8 aromatic rings. The molecule has 1 spiro atoms. The minimum absolute atomic E-state index is 0.471. The van der Waals surface area contributed by atoms with E-state index in [9.17, 15) is 0 Å². The van der Waals surface area contributed by atoms with Gasteiger partial charge in [0, 0.05) is 16.7 Å². The molecule has 0 bridgehead atoms. The molecule has 0 saturated heterocycles. The van der Waals surface area contributed by atoms with Crippen LogP contribution in [0.1, 0.15) is 33.4 Å². The van der Waals surface area contributed by atoms with Crippen molar-refractivity contribution in [1.29, 1.82) is 0 Å². The number of fused-ring (bicyclic) bond motifs is 9. The molecule has 0 atom stereocenters. The maximum absolute atomic E-state index is 5.14. The molecule has 2 aliphatic rings. The number of hydrogen-bond acceptors (Lipinski definition) is 3. The SMILES string of the molecule is C1=Cc2ccccc2C2(c3ccccc31)c1ccccc1-c1cc(-c3nc(-c4ccccc4)nc(-c4ccc(-c5ccccc5)cc4)n3)ccc12. The zero-order valence-electron chi connectivity index (χ0n) is 27.7. The van der Waals surface area contributed by atoms with E-state index in [0.717, 1.165) is 22.3 Å². The van der Waals surface area contributed by atoms with Gasteiger partial charge in [-0.25, -0.2) is 15.0 Å². The summed E-state index contributed by atoms with van der Waals surface area (Å²) in [5.74, 6) is 1.95. The van der Waals surface area contributed by atoms with Gasteiger partial charge in [-0.05, 0) is 61.7 Å². The first-order chi connectivity index (χ1) is 25.3. The summed E-state index contributed by atoms with van der Waals surface area (Å²) in [5.41, 5.74) is 14.7. The lowest BCUT2D eigenvalue weighted by molar-refractivity contribution is 0.766. The van der Waals surface area contributed by atoms with Crippen molar-refractivity contribution in [3.8, 4) is 56.4 Å². The summed E-state index contributed by atoms with van der Waals surface area (Å²) in [6, 6.07) is 62.4. The maximum atomic E-state index is 5.14. The standard InChI is InChI=1S/C48H31N3/c1-3-13-32(14-4-1)33-23-27-37(28-24-33)46-49-45(36-17-5-2-6-18-36)50-47(51-46)38-29-30-44-40(31-38)39-19-9-12-22-43(39)48(44)41-20-10-7-15-34(41)25-26-35-16-8-11-21-42(35)48/h1-31H. The second kappa shape index (κ2) is 11.7. The van der Waals surface area contributed by atoms with Gasteiger partial charge in [-0.15, -0.1) is 0 Å². The summed E-state index contributed by atoms with van der Waals surface area (Å²) in [6.45, 7) is 0. The molecule has 1 aromatic heterocycles. The van der Waals surface area contributed by atoms with Gasteiger partial charge in [0.2, 0.25) is 0 Å². The van der Waals surface area contributed by atoms with Gasteiger partial charge in [0.1, 0.15) is 0 Å². The van der Waals surface area contributed by atoms with Crippen LogP contribution in [0.3, 0.4) is 0 Å². The Kier molecular flexibility index (Phi) is 6.71. The Morgan fingerprint density at radius 2 is 0.706 bits per heavy atom. The molecule has 0 radical (unpaired) electrons. The van der Waals surface area contributed by atoms with Crippen LogP contribution >= 0.6 is 0 Å². The van der Waals surface area contributed by atoms with Gasteiger partial charge in [-0.2, -0.15) is 0 Å². The van der Waals surface area contributed by atoms with Crippen molar-refractivity contribution in [1.82, 2.24) is 15.0 Å². The largest absolute Gasteiger partial charge is 0.208 e. The van der Waals surface area contributed by atoms with Crippen molar-refractivity contribution >= 4 is 12.2 Å². The summed E-state index contributed by atoms with van der Waals surface area (Å²) in [6.07, 6.45) is 4.53. The molecule has 0 N–H and O–H groups in total. The fourth-order valence-electron chi connectivity index (χ4n) is 8.09. The van der Waals surface area contributed by atoms with E-state index >= 15 is 0 Å². The molecular weight excluding hydrogens is 619 g/mol. The van der Waals surface area contributed by atoms with Crippen LogP contribution < -0.4 is 0 Å². The highest BCUT2D eigenvalue weighted by molar-refractivity contribution is 5.92. The Hall–Kier alpha value is -6.71. The highest BCUT2D eigenvalue weighted by Gasteiger charge is 2.48. The summed E-state index contributed by atoms with van der Waals surface area (Å²) in [4.78, 5) is 15.3. The molecule has 0 unspecified atom stereocenters. The van der Waals surface area contributed by atoms with Crippen LogP contribution in [0.4, 0.5) is 0 Å². The van der Waals surface area contributed by atoms with Crippen LogP contribution in [0.2, 0.25) is 0 Å². The fraction of sp³-hybridized carbons (Fsp3) is 0.0208. The second-order valence-corrected chi connectivity index (χ2v) is 13.2. The molecule has 2 aliphatic carbocycles. The van der Waals surface area contributed by atoms with Crippen molar-refractivity contribution in [2.24, 2.45) is 0 Å². The van der Waals surface area contributed by atoms with Gasteiger partial charge in [-0.1, -0.05) is 182 Å². The van der Waals surface area contributed by atoms with E-state index in [2.05, 4.69) is 164 Å². The van der Waals surface area contributed by atoms with Gasteiger partial charge < -0.3 is 0 Å². The highest BCUT2D eigenvalue weighted by Crippen LogP contribution is 2.58. The number of rotatable bonds is 4. The summed E-state index contributed by atoms with van der Waals surface area (Å²) in [7, 11) is 0. The van der Waals surface area contributed by atoms with Gasteiger partial charge >= 0.3 is 0 Å². The summed E-state index contributed by atoms with van der Waals surface area (Å²) >= 11 is 0. The lowest BCUT2D eigenvalue weighted by Gasteiger charge is -2.35. The van der Waals surface area contributed by atoms with Crippen molar-refractivity contribution < 1.29 is 0 Å². The third-order valence-electron chi connectivity index (χ3n) is 10.4. The topological polar surface area (TPSA) is 38.7 Å². The molecule has 3 heteroatoms. The quantitative estimate of drug-likeness (QED) is 0.190. The molecule has 1 heterocycles. The first-order valence-electron chi connectivity index (χ1n) is 17.4. The number of nitrogens with zero attached hydrogens (tertiary/aromatic N) is 3. The van der Waals surface area contributed by atoms with Crippen LogP contribution in [0.5, 0.6) is 0 Å². The monoisotopic (exact) mass is 649 g/mol. The van der Waals surface area contributed by atoms with E-state index in [4.69, 9.17) is 15.0 Å². The first kappa shape index (κ1) is 29.2. The Labute approximate surface area is 297 Å². The maximum Gasteiger partial charge on any atom is 0.164 e. The third-order valence-corrected chi connectivity index (χ3v) is 10.4. The van der Waals surface area contributed by atoms with Gasteiger partial charge in [0.25, 0.3) is 0 Å². The highest BCUT2D eigenvalue weighted by atomic mass is 15.0. The van der Waals surface area contributed by atoms with Crippen LogP contribution in [-0.4, -0.2) is 15.0 Å². The van der Waals surface area contributed by atoms with E-state index in [1.807, 2.05) is 24.3 Å². The lowest BCUT2D eigenvalue weighted by Crippen LogP contribution is -2.29. The van der Waals surface area contributed by atoms with Crippen LogP contribution in [-0.2, 0) is 5.41 Å². The van der Waals surface area contributed by atoms with Crippen molar-refractivity contribution in [3.63, 3.8) is 0 Å². The van der Waals surface area contributed by atoms with Crippen molar-refractivity contribution in [2.75, 3.05) is 0 Å². The molecule has 238 valence electrons. The van der Waals surface area contributed by atoms with E-state index in [1.165, 1.54) is 50.1 Å². The summed E-state index contributed by atoms with van der Waals surface area (Å²) in [5, 5.41) is 0. The minimum atomic E-state index is -0.471. The van der Waals surface area contributed by atoms with Gasteiger partial charge in [0.05, 0.1) is 5.41 Å². The third kappa shape index (κ3) is 4.63. The van der Waals surface area contributed by atoms with E-state index in [0.29, 0.717) is 17.5 Å². The predicted molar refractivity (Wildman–Crippen MR) is 208 cm³/mol. The van der Waals surface area contributed by atoms with Crippen LogP contribution in [0, 0.1) is 0 Å². The van der Waals surface area contributed by atoms with Gasteiger partial charge in [-0.3, -0.25) is 0 Å². The smallest absolute Gasteiger partial charge is 0.164 e. The van der Waals surface area contributed by atoms with Crippen molar-refractivity contribution in [2.45, 2.75) is 5.41 Å². The van der Waals surface area contributed by atoms with Crippen LogP contribution in [0.25, 0.3) is 68.6 Å². The minimum Gasteiger partial charge on any atom is -0.208 e. The van der Waals surface area contributed by atoms with Crippen LogP contribution in [0.15, 0.2) is 176 Å². The average molecular weight is 650 g/mol. The van der Waals surface area contributed by atoms with E-state index in [-0.39, 0.29) is 0 Å². The average Bonchev–Trinajstić information content (AvgIpc) is 3.41. The fourth-order valence-corrected chi connectivity index (χ4v) is 8.09. The molecular formula is C48H31N3. The Morgan fingerprint density at radius 3 is 1.33 bits per heavy atom. The van der Waals surface area contributed by atoms with Gasteiger partial charge in [0.15, 0.2) is 17.5 Å². The zero-order chi connectivity index (χ0) is 33.8. The molecule has 10 rings (SSSR count). The molecule has 0 aliphatic heterocycles. The Balaban J connectivity index is 1.17. The van der Waals surface area contributed by atoms with Crippen molar-refractivity contribution in [3.05, 3.63) is 209 Å². The Bertz CT molecular complexity index is 2570. The number of aromatic nitrogens is 3. The first-order valence-corrected chi connectivity index (χ1v) is 17.4. The molecule has 0 fully saturated rings. The number of benzene rings is 7. The lowest BCUT2D eigenvalue weighted by atomic mass is 9.66. The van der Waals surface area contributed by atoms with E-state index < -0.39 is 5.41 Å². The second-order valence-electron chi connectivity index (χ2n) is 13.2. The zero-order valence-corrected chi connectivity index (χ0v) is 27.7. The molecule has 3 nitrogen and oxygen atoms in total. The predicted octanol–water partition coefficient (Wildman–Crippen LogP) is 11.4. The van der Waals surface area contributed by atoms with E-state index in [1.54, 1.807) is 0 Å².